The average Bonchev–Trinajstić information content (AvgIpc) is 3.33. The summed E-state index contributed by atoms with van der Waals surface area (Å²) in [6, 6.07) is 8.53. The number of rotatable bonds is 11. The van der Waals surface area contributed by atoms with Gasteiger partial charge in [0.2, 0.25) is 0 Å². The van der Waals surface area contributed by atoms with Gasteiger partial charge in [-0.2, -0.15) is 0 Å². The van der Waals surface area contributed by atoms with Crippen LogP contribution in [0, 0.1) is 5.92 Å². The molecule has 0 aliphatic carbocycles. The van der Waals surface area contributed by atoms with Crippen LogP contribution in [0.1, 0.15) is 38.2 Å². The lowest BCUT2D eigenvalue weighted by Gasteiger charge is -2.38. The number of nitrogens with zero attached hydrogens (tertiary/aromatic N) is 1. The highest BCUT2D eigenvalue weighted by Crippen LogP contribution is 2.35. The van der Waals surface area contributed by atoms with Crippen LogP contribution in [0.5, 0.6) is 5.75 Å². The Kier molecular flexibility index (Phi) is 9.90. The monoisotopic (exact) mass is 433 g/mol. The number of nitrogens with one attached hydrogen (secondary N) is 2. The molecule has 2 fully saturated rings. The standard InChI is InChI=1S/C24H39N3O4/c1-3-31-22-7-5-21(6-8-22)24(10-15-28-16-11-24)19-27-23(25-2)26-12-4-13-29-17-20-9-14-30-18-20/h5-8,20H,3-4,9-19H2,1-2H3,(H2,25,26,27). The summed E-state index contributed by atoms with van der Waals surface area (Å²) < 4.78 is 22.4. The molecule has 2 N–H and O–H groups in total. The van der Waals surface area contributed by atoms with Crippen LogP contribution in [0.15, 0.2) is 29.3 Å². The molecule has 2 saturated heterocycles. The van der Waals surface area contributed by atoms with Crippen LogP contribution in [-0.4, -0.2) is 72.3 Å². The van der Waals surface area contributed by atoms with Crippen LogP contribution in [0.4, 0.5) is 0 Å². The summed E-state index contributed by atoms with van der Waals surface area (Å²) in [5.41, 5.74) is 1.36. The highest BCUT2D eigenvalue weighted by Gasteiger charge is 2.34. The first-order chi connectivity index (χ1) is 15.3. The van der Waals surface area contributed by atoms with E-state index in [4.69, 9.17) is 18.9 Å². The Morgan fingerprint density at radius 1 is 1.13 bits per heavy atom. The van der Waals surface area contributed by atoms with E-state index >= 15 is 0 Å². The smallest absolute Gasteiger partial charge is 0.191 e. The molecule has 0 spiro atoms. The molecule has 1 aromatic carbocycles. The Balaban J connectivity index is 1.44. The van der Waals surface area contributed by atoms with Gasteiger partial charge in [-0.25, -0.2) is 0 Å². The predicted molar refractivity (Wildman–Crippen MR) is 123 cm³/mol. The summed E-state index contributed by atoms with van der Waals surface area (Å²) >= 11 is 0. The quantitative estimate of drug-likeness (QED) is 0.318. The molecule has 3 rings (SSSR count). The summed E-state index contributed by atoms with van der Waals surface area (Å²) in [6.07, 6.45) is 4.05. The van der Waals surface area contributed by atoms with Crippen molar-refractivity contribution < 1.29 is 18.9 Å². The van der Waals surface area contributed by atoms with Crippen molar-refractivity contribution in [2.75, 3.05) is 66.4 Å². The van der Waals surface area contributed by atoms with E-state index in [2.05, 4.69) is 39.9 Å². The first kappa shape index (κ1) is 23.8. The second kappa shape index (κ2) is 12.9. The number of ether oxygens (including phenoxy) is 4. The molecule has 2 heterocycles. The van der Waals surface area contributed by atoms with E-state index in [1.165, 1.54) is 5.56 Å². The average molecular weight is 434 g/mol. The predicted octanol–water partition coefficient (Wildman–Crippen LogP) is 2.74. The zero-order valence-electron chi connectivity index (χ0n) is 19.2. The van der Waals surface area contributed by atoms with Crippen LogP contribution < -0.4 is 15.4 Å². The molecule has 2 aliphatic rings. The number of aliphatic imine (C=N–C) groups is 1. The van der Waals surface area contributed by atoms with Crippen molar-refractivity contribution in [1.29, 1.82) is 0 Å². The third-order valence-corrected chi connectivity index (χ3v) is 6.18. The fraction of sp³-hybridized carbons (Fsp3) is 0.708. The van der Waals surface area contributed by atoms with Crippen molar-refractivity contribution in [2.45, 2.75) is 38.0 Å². The van der Waals surface area contributed by atoms with Gasteiger partial charge in [-0.3, -0.25) is 4.99 Å². The van der Waals surface area contributed by atoms with Crippen molar-refractivity contribution in [1.82, 2.24) is 10.6 Å². The van der Waals surface area contributed by atoms with Crippen LogP contribution in [0.2, 0.25) is 0 Å². The summed E-state index contributed by atoms with van der Waals surface area (Å²) in [4.78, 5) is 4.40. The second-order valence-corrected chi connectivity index (χ2v) is 8.36. The van der Waals surface area contributed by atoms with Crippen LogP contribution >= 0.6 is 0 Å². The molecular formula is C24H39N3O4. The summed E-state index contributed by atoms with van der Waals surface area (Å²) in [5.74, 6) is 2.32. The summed E-state index contributed by atoms with van der Waals surface area (Å²) in [6.45, 7) is 9.19. The third-order valence-electron chi connectivity index (χ3n) is 6.18. The largest absolute Gasteiger partial charge is 0.494 e. The lowest BCUT2D eigenvalue weighted by molar-refractivity contribution is 0.0513. The van der Waals surface area contributed by atoms with E-state index < -0.39 is 0 Å². The molecular weight excluding hydrogens is 394 g/mol. The first-order valence-corrected chi connectivity index (χ1v) is 11.7. The zero-order chi connectivity index (χ0) is 21.8. The van der Waals surface area contributed by atoms with Gasteiger partial charge in [0.15, 0.2) is 5.96 Å². The summed E-state index contributed by atoms with van der Waals surface area (Å²) in [7, 11) is 1.82. The van der Waals surface area contributed by atoms with E-state index in [1.54, 1.807) is 0 Å². The SMILES string of the molecule is CCOc1ccc(C2(CNC(=NC)NCCCOCC3CCOC3)CCOCC2)cc1. The molecule has 174 valence electrons. The molecule has 1 unspecified atom stereocenters. The van der Waals surface area contributed by atoms with Crippen molar-refractivity contribution >= 4 is 5.96 Å². The molecule has 7 nitrogen and oxygen atoms in total. The zero-order valence-corrected chi connectivity index (χ0v) is 19.2. The maximum absolute atomic E-state index is 5.78. The molecule has 1 atom stereocenters. The Labute approximate surface area is 186 Å². The fourth-order valence-electron chi connectivity index (χ4n) is 4.22. The normalized spacial score (nSPS) is 21.1. The number of hydrogen-bond acceptors (Lipinski definition) is 5. The van der Waals surface area contributed by atoms with Gasteiger partial charge in [-0.1, -0.05) is 12.1 Å². The molecule has 31 heavy (non-hydrogen) atoms. The Morgan fingerprint density at radius 2 is 1.94 bits per heavy atom. The molecule has 0 aromatic heterocycles. The van der Waals surface area contributed by atoms with Gasteiger partial charge >= 0.3 is 0 Å². The Hall–Kier alpha value is -1.83. The van der Waals surface area contributed by atoms with E-state index in [0.29, 0.717) is 12.5 Å². The van der Waals surface area contributed by atoms with E-state index in [9.17, 15) is 0 Å². The van der Waals surface area contributed by atoms with Crippen molar-refractivity contribution in [3.05, 3.63) is 29.8 Å². The maximum atomic E-state index is 5.78. The molecule has 7 heteroatoms. The minimum atomic E-state index is 0.0348. The lowest BCUT2D eigenvalue weighted by atomic mass is 9.74. The Bertz CT molecular complexity index is 653. The summed E-state index contributed by atoms with van der Waals surface area (Å²) in [5, 5.41) is 6.96. The van der Waals surface area contributed by atoms with Crippen molar-refractivity contribution in [2.24, 2.45) is 10.9 Å². The number of benzene rings is 1. The highest BCUT2D eigenvalue weighted by molar-refractivity contribution is 5.79. The molecule has 0 amide bonds. The van der Waals surface area contributed by atoms with Crippen LogP contribution in [0.3, 0.4) is 0 Å². The topological polar surface area (TPSA) is 73.3 Å². The van der Waals surface area contributed by atoms with Crippen LogP contribution in [-0.2, 0) is 19.6 Å². The second-order valence-electron chi connectivity index (χ2n) is 8.36. The van der Waals surface area contributed by atoms with E-state index in [0.717, 1.165) is 90.1 Å². The maximum Gasteiger partial charge on any atom is 0.191 e. The van der Waals surface area contributed by atoms with Gasteiger partial charge in [-0.15, -0.1) is 0 Å². The molecule has 0 saturated carbocycles. The van der Waals surface area contributed by atoms with Crippen molar-refractivity contribution in [3.63, 3.8) is 0 Å². The first-order valence-electron chi connectivity index (χ1n) is 11.7. The minimum Gasteiger partial charge on any atom is -0.494 e. The van der Waals surface area contributed by atoms with Gasteiger partial charge < -0.3 is 29.6 Å². The van der Waals surface area contributed by atoms with Gasteiger partial charge in [0.25, 0.3) is 0 Å². The lowest BCUT2D eigenvalue weighted by Crippen LogP contribution is -2.48. The molecule has 1 aromatic rings. The van der Waals surface area contributed by atoms with Gasteiger partial charge in [-0.05, 0) is 50.3 Å². The Morgan fingerprint density at radius 3 is 2.61 bits per heavy atom. The van der Waals surface area contributed by atoms with Crippen molar-refractivity contribution in [3.8, 4) is 5.75 Å². The van der Waals surface area contributed by atoms with Crippen LogP contribution in [0.25, 0.3) is 0 Å². The molecule has 2 aliphatic heterocycles. The van der Waals surface area contributed by atoms with Gasteiger partial charge in [0, 0.05) is 57.9 Å². The fourth-order valence-corrected chi connectivity index (χ4v) is 4.22. The molecule has 0 bridgehead atoms. The van der Waals surface area contributed by atoms with Gasteiger partial charge in [0.1, 0.15) is 5.75 Å². The third kappa shape index (κ3) is 7.37. The van der Waals surface area contributed by atoms with E-state index in [1.807, 2.05) is 14.0 Å². The molecule has 0 radical (unpaired) electrons. The number of guanidine groups is 1. The van der Waals surface area contributed by atoms with E-state index in [-0.39, 0.29) is 5.41 Å². The minimum absolute atomic E-state index is 0.0348. The highest BCUT2D eigenvalue weighted by atomic mass is 16.5. The number of hydrogen-bond donors (Lipinski definition) is 2. The van der Waals surface area contributed by atoms with Gasteiger partial charge in [0.05, 0.1) is 19.8 Å².